The van der Waals surface area contributed by atoms with Crippen molar-refractivity contribution in [2.45, 2.75) is 84.4 Å². The topological polar surface area (TPSA) is 89.5 Å². The molecule has 0 radical (unpaired) electrons. The fourth-order valence-electron chi connectivity index (χ4n) is 8.15. The van der Waals surface area contributed by atoms with E-state index in [9.17, 15) is 9.59 Å². The van der Waals surface area contributed by atoms with E-state index in [0.29, 0.717) is 25.0 Å². The zero-order chi connectivity index (χ0) is 33.6. The molecule has 8 nitrogen and oxygen atoms in total. The second-order valence-electron chi connectivity index (χ2n) is 13.8. The van der Waals surface area contributed by atoms with Crippen LogP contribution in [0, 0.1) is 35.0 Å². The van der Waals surface area contributed by atoms with Gasteiger partial charge < -0.3 is 28.4 Å². The number of hydrogen-bond acceptors (Lipinski definition) is 8. The van der Waals surface area contributed by atoms with E-state index in [-0.39, 0.29) is 54.6 Å². The molecule has 5 rings (SSSR count). The van der Waals surface area contributed by atoms with E-state index in [2.05, 4.69) is 26.0 Å². The molecular weight excluding hydrogens is 596 g/mol. The summed E-state index contributed by atoms with van der Waals surface area (Å²) in [5.41, 5.74) is 1.84. The van der Waals surface area contributed by atoms with Gasteiger partial charge in [0.2, 0.25) is 0 Å². The van der Waals surface area contributed by atoms with Gasteiger partial charge in [-0.15, -0.1) is 0 Å². The van der Waals surface area contributed by atoms with E-state index < -0.39 is 23.8 Å². The summed E-state index contributed by atoms with van der Waals surface area (Å²) in [6.45, 7) is 8.91. The first kappa shape index (κ1) is 35.3. The Morgan fingerprint density at radius 3 is 2.55 bits per heavy atom. The number of benzene rings is 1. The van der Waals surface area contributed by atoms with Crippen molar-refractivity contribution in [2.75, 3.05) is 27.6 Å². The van der Waals surface area contributed by atoms with E-state index >= 15 is 0 Å². The van der Waals surface area contributed by atoms with Crippen molar-refractivity contribution < 1.29 is 38.0 Å². The number of ether oxygens (including phenoxy) is 6. The summed E-state index contributed by atoms with van der Waals surface area (Å²) < 4.78 is 35.6. The molecule has 256 valence electrons. The summed E-state index contributed by atoms with van der Waals surface area (Å²) in [5, 5.41) is 0. The van der Waals surface area contributed by atoms with Crippen LogP contribution in [0.2, 0.25) is 0 Å². The second kappa shape index (κ2) is 15.9. The van der Waals surface area contributed by atoms with Gasteiger partial charge in [0, 0.05) is 36.3 Å². The van der Waals surface area contributed by atoms with Gasteiger partial charge in [-0.2, -0.15) is 0 Å². The minimum atomic E-state index is -0.776. The Balaban J connectivity index is 1.48. The number of rotatable bonds is 5. The SMILES string of the molecule is COCO[C@H]1/C(C(=O)OC)=C/CCC[C@@H](C)OC(=O)[C@@]2(C)[C@H](/C=C/C=C/[C@@H]1C)C(C)=C[C@@H]1[C@@H]3O[C@H](c4ccccc4)OC[C@H]3CC[C@@H]12. The summed E-state index contributed by atoms with van der Waals surface area (Å²) in [5.74, 6) is -0.473. The summed E-state index contributed by atoms with van der Waals surface area (Å²) in [4.78, 5) is 27.2. The smallest absolute Gasteiger partial charge is 0.336 e. The van der Waals surface area contributed by atoms with Crippen molar-refractivity contribution in [2.24, 2.45) is 35.0 Å². The maximum absolute atomic E-state index is 14.4. The lowest BCUT2D eigenvalue weighted by Gasteiger charge is -2.55. The summed E-state index contributed by atoms with van der Waals surface area (Å²) in [6.07, 6.45) is 15.0. The molecule has 2 aliphatic heterocycles. The molecule has 2 aliphatic carbocycles. The Morgan fingerprint density at radius 1 is 1.04 bits per heavy atom. The molecule has 2 fully saturated rings. The molecule has 1 aromatic carbocycles. The summed E-state index contributed by atoms with van der Waals surface area (Å²) in [7, 11) is 2.94. The monoisotopic (exact) mass is 648 g/mol. The number of esters is 2. The van der Waals surface area contributed by atoms with Gasteiger partial charge >= 0.3 is 11.9 Å². The van der Waals surface area contributed by atoms with Gasteiger partial charge in [0.05, 0.1) is 43.0 Å². The highest BCUT2D eigenvalue weighted by Gasteiger charge is 2.58. The quantitative estimate of drug-likeness (QED) is 0.187. The van der Waals surface area contributed by atoms with Crippen molar-refractivity contribution in [3.63, 3.8) is 0 Å². The van der Waals surface area contributed by atoms with Crippen LogP contribution in [0.15, 0.2) is 77.9 Å². The van der Waals surface area contributed by atoms with E-state index in [0.717, 1.165) is 30.4 Å². The van der Waals surface area contributed by atoms with Gasteiger partial charge in [0.25, 0.3) is 0 Å². The number of hydrogen-bond donors (Lipinski definition) is 0. The second-order valence-corrected chi connectivity index (χ2v) is 13.8. The summed E-state index contributed by atoms with van der Waals surface area (Å²) in [6, 6.07) is 10.1. The molecule has 1 saturated heterocycles. The number of carbonyl (C=O) groups is 2. The maximum Gasteiger partial charge on any atom is 0.336 e. The number of allylic oxidation sites excluding steroid dienone is 5. The van der Waals surface area contributed by atoms with Gasteiger partial charge in [0.1, 0.15) is 6.79 Å². The van der Waals surface area contributed by atoms with E-state index in [1.165, 1.54) is 7.11 Å². The fourth-order valence-corrected chi connectivity index (χ4v) is 8.15. The molecule has 0 amide bonds. The molecule has 8 heteroatoms. The van der Waals surface area contributed by atoms with Crippen molar-refractivity contribution in [3.8, 4) is 0 Å². The third kappa shape index (κ3) is 7.67. The largest absolute Gasteiger partial charge is 0.466 e. The number of methoxy groups -OCH3 is 2. The molecule has 0 aromatic heterocycles. The van der Waals surface area contributed by atoms with Gasteiger partial charge in [0.15, 0.2) is 6.29 Å². The standard InChI is InChI=1S/C39H52O8/c1-25-14-10-13-19-32-26(2)22-31-33(21-20-29-23-44-37(47-35(29)31)28-16-8-7-9-17-28)39(32,4)38(41)46-27(3)15-11-12-18-30(36(40)43-6)34(25)45-24-42-5/h7-10,13-14,16-19,22,25,27,29,31-35,37H,11-12,15,20-21,23-24H2,1-6H3/b14-10+,19-13+,30-18-/t25-,27+,29+,31-,32+,33-,34+,35+,37+,39-/m0/s1. The molecule has 10 atom stereocenters. The van der Waals surface area contributed by atoms with Gasteiger partial charge in [-0.1, -0.05) is 79.3 Å². The maximum atomic E-state index is 14.4. The van der Waals surface area contributed by atoms with Crippen LogP contribution in [0.5, 0.6) is 0 Å². The normalized spacial score (nSPS) is 39.0. The number of cyclic esters (lactones) is 1. The van der Waals surface area contributed by atoms with E-state index in [4.69, 9.17) is 28.4 Å². The minimum Gasteiger partial charge on any atom is -0.466 e. The van der Waals surface area contributed by atoms with Crippen LogP contribution in [0.3, 0.4) is 0 Å². The average Bonchev–Trinajstić information content (AvgIpc) is 3.08. The zero-order valence-corrected chi connectivity index (χ0v) is 28.8. The van der Waals surface area contributed by atoms with Crippen LogP contribution in [0.25, 0.3) is 0 Å². The lowest BCUT2D eigenvalue weighted by molar-refractivity contribution is -0.268. The Hall–Kier alpha value is -3.04. The fraction of sp³-hybridized carbons (Fsp3) is 0.590. The molecule has 1 aromatic rings. The lowest BCUT2D eigenvalue weighted by atomic mass is 9.52. The van der Waals surface area contributed by atoms with E-state index in [1.54, 1.807) is 7.11 Å². The minimum absolute atomic E-state index is 0.0458. The Morgan fingerprint density at radius 2 is 1.81 bits per heavy atom. The van der Waals surface area contributed by atoms with Crippen LogP contribution < -0.4 is 0 Å². The van der Waals surface area contributed by atoms with Crippen molar-refractivity contribution in [1.82, 2.24) is 0 Å². The molecular formula is C39H52O8. The summed E-state index contributed by atoms with van der Waals surface area (Å²) >= 11 is 0. The Bertz CT molecular complexity index is 1350. The zero-order valence-electron chi connectivity index (χ0n) is 28.8. The Kier molecular flexibility index (Phi) is 11.9. The highest BCUT2D eigenvalue weighted by Crippen LogP contribution is 2.57. The highest BCUT2D eigenvalue weighted by atomic mass is 16.7. The van der Waals surface area contributed by atoms with Gasteiger partial charge in [-0.05, 0) is 58.8 Å². The first-order chi connectivity index (χ1) is 22.7. The first-order valence-corrected chi connectivity index (χ1v) is 17.1. The predicted molar refractivity (Wildman–Crippen MR) is 179 cm³/mol. The molecule has 1 saturated carbocycles. The third-order valence-corrected chi connectivity index (χ3v) is 10.7. The van der Waals surface area contributed by atoms with Gasteiger partial charge in [-0.25, -0.2) is 4.79 Å². The van der Waals surface area contributed by atoms with Crippen LogP contribution in [0.1, 0.15) is 71.7 Å². The molecule has 2 heterocycles. The highest BCUT2D eigenvalue weighted by molar-refractivity contribution is 5.89. The first-order valence-electron chi connectivity index (χ1n) is 17.1. The number of carbonyl (C=O) groups excluding carboxylic acids is 2. The van der Waals surface area contributed by atoms with Crippen molar-refractivity contribution in [3.05, 3.63) is 83.5 Å². The third-order valence-electron chi connectivity index (χ3n) is 10.7. The molecule has 4 aliphatic rings. The van der Waals surface area contributed by atoms with Gasteiger partial charge in [-0.3, -0.25) is 4.79 Å². The molecule has 0 spiro atoms. The molecule has 0 unspecified atom stereocenters. The average molecular weight is 649 g/mol. The molecule has 0 bridgehead atoms. The van der Waals surface area contributed by atoms with E-state index in [1.807, 2.05) is 68.5 Å². The Labute approximate surface area is 280 Å². The van der Waals surface area contributed by atoms with Crippen LogP contribution >= 0.6 is 0 Å². The number of fused-ring (bicyclic) bond motifs is 5. The van der Waals surface area contributed by atoms with Crippen LogP contribution in [-0.4, -0.2) is 57.9 Å². The van der Waals surface area contributed by atoms with Crippen molar-refractivity contribution >= 4 is 11.9 Å². The molecule has 0 N–H and O–H groups in total. The predicted octanol–water partition coefficient (Wildman–Crippen LogP) is 7.28. The van der Waals surface area contributed by atoms with Crippen molar-refractivity contribution in [1.29, 1.82) is 0 Å². The molecule has 47 heavy (non-hydrogen) atoms. The van der Waals surface area contributed by atoms with Crippen LogP contribution in [-0.2, 0) is 38.0 Å². The van der Waals surface area contributed by atoms with Crippen LogP contribution in [0.4, 0.5) is 0 Å². The lowest BCUT2D eigenvalue weighted by Crippen LogP contribution is -2.56.